The zero-order valence-corrected chi connectivity index (χ0v) is 23.2. The van der Waals surface area contributed by atoms with E-state index < -0.39 is 48.4 Å². The molecule has 0 radical (unpaired) electrons. The fourth-order valence-electron chi connectivity index (χ4n) is 5.47. The summed E-state index contributed by atoms with van der Waals surface area (Å²) in [5.41, 5.74) is 1.44. The smallest absolute Gasteiger partial charge is 0.337 e. The lowest BCUT2D eigenvalue weighted by Crippen LogP contribution is -2.72. The van der Waals surface area contributed by atoms with Gasteiger partial charge in [0.1, 0.15) is 24.4 Å². The minimum absolute atomic E-state index is 0.155. The summed E-state index contributed by atoms with van der Waals surface area (Å²) in [6.07, 6.45) is -6.36. The highest BCUT2D eigenvalue weighted by atomic mass is 16.7. The molecule has 3 aromatic rings. The van der Waals surface area contributed by atoms with E-state index in [0.717, 1.165) is 16.7 Å². The molecule has 2 fully saturated rings. The Morgan fingerprint density at radius 2 is 1.39 bits per heavy atom. The second-order valence-electron chi connectivity index (χ2n) is 10.1. The second-order valence-corrected chi connectivity index (χ2v) is 10.1. The molecule has 2 saturated heterocycles. The van der Waals surface area contributed by atoms with Gasteiger partial charge in [-0.2, -0.15) is 0 Å². The number of carbonyl (C=O) groups is 1. The van der Waals surface area contributed by atoms with E-state index in [0.29, 0.717) is 0 Å². The monoisotopic (exact) mass is 564 g/mol. The van der Waals surface area contributed by atoms with E-state index >= 15 is 0 Å². The predicted octanol–water partition coefficient (Wildman–Crippen LogP) is 3.42. The van der Waals surface area contributed by atoms with Gasteiger partial charge < -0.3 is 38.3 Å². The van der Waals surface area contributed by atoms with Crippen molar-refractivity contribution in [2.24, 2.45) is 0 Å². The number of fused-ring (bicyclic) bond motifs is 1. The van der Waals surface area contributed by atoms with E-state index in [1.54, 1.807) is 0 Å². The standard InChI is InChI=1S/C32H36O9/c1-35-30(34)26(33)27-28(38-19-23-14-8-4-9-15-23)32(40-20-24-16-10-5-11-17-24)25(21-39-29(32)31(36-2)41-27)37-18-22-12-6-3-7-13-22/h3-17,25-29,31,33H,18-21H2,1-2H3/t25-,26-,27?,28?,29?,31?,32?/m0/s1. The van der Waals surface area contributed by atoms with Crippen molar-refractivity contribution < 1.29 is 43.1 Å². The Bertz CT molecular complexity index is 1230. The van der Waals surface area contributed by atoms with Gasteiger partial charge in [-0.3, -0.25) is 0 Å². The molecule has 5 unspecified atom stereocenters. The van der Waals surface area contributed by atoms with Crippen LogP contribution in [0.4, 0.5) is 0 Å². The van der Waals surface area contributed by atoms with Crippen molar-refractivity contribution in [2.45, 2.75) is 62.2 Å². The average Bonchev–Trinajstić information content (AvgIpc) is 3.41. The van der Waals surface area contributed by atoms with E-state index in [2.05, 4.69) is 0 Å². The molecule has 0 spiro atoms. The van der Waals surface area contributed by atoms with Crippen molar-refractivity contribution in [1.29, 1.82) is 0 Å². The molecule has 7 atom stereocenters. The fraction of sp³-hybridized carbons (Fsp3) is 0.406. The topological polar surface area (TPSA) is 102 Å². The largest absolute Gasteiger partial charge is 0.467 e. The van der Waals surface area contributed by atoms with Gasteiger partial charge in [0.25, 0.3) is 0 Å². The van der Waals surface area contributed by atoms with Crippen molar-refractivity contribution in [3.05, 3.63) is 108 Å². The first kappa shape index (κ1) is 29.3. The number of ether oxygens (including phenoxy) is 7. The molecule has 2 aliphatic rings. The molecule has 1 N–H and O–H groups in total. The minimum atomic E-state index is -1.69. The Hall–Kier alpha value is -3.15. The quantitative estimate of drug-likeness (QED) is 0.332. The molecule has 5 rings (SSSR count). The summed E-state index contributed by atoms with van der Waals surface area (Å²) < 4.78 is 42.9. The number of carbonyl (C=O) groups excluding carboxylic acids is 1. The van der Waals surface area contributed by atoms with Crippen molar-refractivity contribution in [1.82, 2.24) is 0 Å². The number of benzene rings is 3. The van der Waals surface area contributed by atoms with Crippen LogP contribution in [-0.2, 0) is 57.8 Å². The van der Waals surface area contributed by atoms with Gasteiger partial charge in [0.2, 0.25) is 0 Å². The average molecular weight is 565 g/mol. The van der Waals surface area contributed by atoms with Crippen molar-refractivity contribution in [3.8, 4) is 0 Å². The number of aliphatic hydroxyl groups excluding tert-OH is 1. The summed E-state index contributed by atoms with van der Waals surface area (Å²) in [4.78, 5) is 12.6. The van der Waals surface area contributed by atoms with Crippen molar-refractivity contribution >= 4 is 5.97 Å². The van der Waals surface area contributed by atoms with Crippen LogP contribution in [0.3, 0.4) is 0 Å². The minimum Gasteiger partial charge on any atom is -0.467 e. The summed E-state index contributed by atoms with van der Waals surface area (Å²) in [5.74, 6) is -0.865. The van der Waals surface area contributed by atoms with Gasteiger partial charge in [-0.05, 0) is 16.7 Å². The Labute approximate surface area is 239 Å². The van der Waals surface area contributed by atoms with Crippen LogP contribution >= 0.6 is 0 Å². The van der Waals surface area contributed by atoms with Crippen LogP contribution in [0.15, 0.2) is 91.0 Å². The first-order chi connectivity index (χ1) is 20.1. The first-order valence-corrected chi connectivity index (χ1v) is 13.6. The summed E-state index contributed by atoms with van der Waals surface area (Å²) in [6.45, 7) is 0.786. The predicted molar refractivity (Wildman–Crippen MR) is 147 cm³/mol. The normalized spacial score (nSPS) is 28.1. The molecule has 0 amide bonds. The first-order valence-electron chi connectivity index (χ1n) is 13.6. The SMILES string of the molecule is COC(=O)[C@@H](O)C1OC(OC)C2OC[C@H](OCc3ccccc3)C2(OCc2ccccc2)C1OCc1ccccc1. The third-order valence-electron chi connectivity index (χ3n) is 7.54. The molecule has 41 heavy (non-hydrogen) atoms. The summed E-state index contributed by atoms with van der Waals surface area (Å²) in [6, 6.07) is 29.1. The third kappa shape index (κ3) is 6.37. The van der Waals surface area contributed by atoms with Gasteiger partial charge in [-0.15, -0.1) is 0 Å². The molecule has 2 heterocycles. The zero-order valence-electron chi connectivity index (χ0n) is 23.2. The van der Waals surface area contributed by atoms with Gasteiger partial charge >= 0.3 is 5.97 Å². The molecule has 3 aromatic carbocycles. The van der Waals surface area contributed by atoms with Gasteiger partial charge in [0.15, 0.2) is 18.0 Å². The van der Waals surface area contributed by atoms with E-state index in [1.165, 1.54) is 14.2 Å². The van der Waals surface area contributed by atoms with Crippen LogP contribution in [0, 0.1) is 0 Å². The van der Waals surface area contributed by atoms with Crippen LogP contribution in [0.5, 0.6) is 0 Å². The number of hydrogen-bond acceptors (Lipinski definition) is 9. The number of esters is 1. The fourth-order valence-corrected chi connectivity index (χ4v) is 5.47. The van der Waals surface area contributed by atoms with E-state index in [4.69, 9.17) is 33.2 Å². The Morgan fingerprint density at radius 1 is 0.854 bits per heavy atom. The molecular formula is C32H36O9. The van der Waals surface area contributed by atoms with Crippen LogP contribution < -0.4 is 0 Å². The lowest BCUT2D eigenvalue weighted by Gasteiger charge is -2.52. The lowest BCUT2D eigenvalue weighted by atomic mass is 9.79. The lowest BCUT2D eigenvalue weighted by molar-refractivity contribution is -0.349. The Balaban J connectivity index is 1.56. The maximum atomic E-state index is 12.6. The molecule has 0 aromatic heterocycles. The highest BCUT2D eigenvalue weighted by molar-refractivity contribution is 5.75. The molecule has 2 aliphatic heterocycles. The number of methoxy groups -OCH3 is 2. The van der Waals surface area contributed by atoms with Crippen molar-refractivity contribution in [2.75, 3.05) is 20.8 Å². The highest BCUT2D eigenvalue weighted by Crippen LogP contribution is 2.46. The number of aliphatic hydroxyl groups is 1. The van der Waals surface area contributed by atoms with Crippen LogP contribution in [0.1, 0.15) is 16.7 Å². The molecule has 9 nitrogen and oxygen atoms in total. The molecule has 218 valence electrons. The van der Waals surface area contributed by atoms with Gasteiger partial charge in [-0.25, -0.2) is 4.79 Å². The zero-order chi connectivity index (χ0) is 28.7. The molecular weight excluding hydrogens is 528 g/mol. The van der Waals surface area contributed by atoms with Crippen LogP contribution in [-0.4, -0.2) is 74.3 Å². The van der Waals surface area contributed by atoms with Gasteiger partial charge in [-0.1, -0.05) is 91.0 Å². The van der Waals surface area contributed by atoms with Crippen LogP contribution in [0.2, 0.25) is 0 Å². The number of rotatable bonds is 12. The van der Waals surface area contributed by atoms with Crippen molar-refractivity contribution in [3.63, 3.8) is 0 Å². The second kappa shape index (κ2) is 13.7. The molecule has 0 saturated carbocycles. The maximum absolute atomic E-state index is 12.6. The van der Waals surface area contributed by atoms with E-state index in [-0.39, 0.29) is 26.4 Å². The molecule has 0 bridgehead atoms. The van der Waals surface area contributed by atoms with E-state index in [9.17, 15) is 9.90 Å². The van der Waals surface area contributed by atoms with Crippen LogP contribution in [0.25, 0.3) is 0 Å². The van der Waals surface area contributed by atoms with E-state index in [1.807, 2.05) is 91.0 Å². The third-order valence-corrected chi connectivity index (χ3v) is 7.54. The summed E-state index contributed by atoms with van der Waals surface area (Å²) in [7, 11) is 2.68. The maximum Gasteiger partial charge on any atom is 0.337 e. The molecule has 0 aliphatic carbocycles. The van der Waals surface area contributed by atoms with Gasteiger partial charge in [0, 0.05) is 7.11 Å². The molecule has 9 heteroatoms. The summed E-state index contributed by atoms with van der Waals surface area (Å²) >= 11 is 0. The Morgan fingerprint density at radius 3 is 1.93 bits per heavy atom. The highest BCUT2D eigenvalue weighted by Gasteiger charge is 2.68. The summed E-state index contributed by atoms with van der Waals surface area (Å²) in [5, 5.41) is 11.2. The number of hydrogen-bond donors (Lipinski definition) is 1. The van der Waals surface area contributed by atoms with Gasteiger partial charge in [0.05, 0.1) is 33.5 Å². The Kier molecular flexibility index (Phi) is 9.79.